The van der Waals surface area contributed by atoms with Gasteiger partial charge in [-0.15, -0.1) is 0 Å². The maximum Gasteiger partial charge on any atom is 0.379 e. The molecular formula is C13H13ClF2O4. The molecule has 1 rings (SSSR count). The molecule has 0 saturated carbocycles. The molecule has 4 nitrogen and oxygen atoms in total. The van der Waals surface area contributed by atoms with E-state index < -0.39 is 34.0 Å². The maximum atomic E-state index is 13.5. The third kappa shape index (κ3) is 3.66. The molecule has 0 atom stereocenters. The molecule has 0 amide bonds. The lowest BCUT2D eigenvalue weighted by molar-refractivity contribution is -0.166. The van der Waals surface area contributed by atoms with E-state index in [2.05, 4.69) is 0 Å². The largest absolute Gasteiger partial charge is 0.477 e. The van der Waals surface area contributed by atoms with Gasteiger partial charge in [0.15, 0.2) is 0 Å². The molecule has 20 heavy (non-hydrogen) atoms. The average Bonchev–Trinajstić information content (AvgIpc) is 2.26. The van der Waals surface area contributed by atoms with Crippen LogP contribution in [0.4, 0.5) is 8.78 Å². The predicted molar refractivity (Wildman–Crippen MR) is 68.2 cm³/mol. The Morgan fingerprint density at radius 3 is 2.25 bits per heavy atom. The second-order valence-electron chi connectivity index (χ2n) is 5.08. The quantitative estimate of drug-likeness (QED) is 0.868. The Morgan fingerprint density at radius 1 is 1.25 bits per heavy atom. The zero-order chi connectivity index (χ0) is 15.7. The van der Waals surface area contributed by atoms with Crippen molar-refractivity contribution in [2.45, 2.75) is 32.3 Å². The van der Waals surface area contributed by atoms with Crippen LogP contribution in [0.25, 0.3) is 0 Å². The standard InChI is InChI=1S/C13H13ClF2O4/c1-12(2,3)20-10(17)7-4-5-9(14)8(6-7)13(15,16)11(18)19/h4-6H,1-3H3,(H,18,19). The monoisotopic (exact) mass is 306 g/mol. The van der Waals surface area contributed by atoms with Crippen molar-refractivity contribution in [2.75, 3.05) is 0 Å². The molecule has 7 heteroatoms. The van der Waals surface area contributed by atoms with Crippen LogP contribution in [0.15, 0.2) is 18.2 Å². The van der Waals surface area contributed by atoms with Gasteiger partial charge in [0, 0.05) is 0 Å². The van der Waals surface area contributed by atoms with E-state index in [0.717, 1.165) is 12.1 Å². The Labute approximate surface area is 119 Å². The first kappa shape index (κ1) is 16.4. The molecule has 0 saturated heterocycles. The lowest BCUT2D eigenvalue weighted by Crippen LogP contribution is -2.27. The SMILES string of the molecule is CC(C)(C)OC(=O)c1ccc(Cl)c(C(F)(F)C(=O)O)c1. The topological polar surface area (TPSA) is 63.6 Å². The summed E-state index contributed by atoms with van der Waals surface area (Å²) < 4.78 is 32.0. The Balaban J connectivity index is 3.22. The molecule has 0 aliphatic carbocycles. The number of carbonyl (C=O) groups is 2. The van der Waals surface area contributed by atoms with Crippen LogP contribution in [0.3, 0.4) is 0 Å². The summed E-state index contributed by atoms with van der Waals surface area (Å²) in [5, 5.41) is 8.07. The van der Waals surface area contributed by atoms with Crippen molar-refractivity contribution >= 4 is 23.5 Å². The first-order chi connectivity index (χ1) is 8.95. The molecular weight excluding hydrogens is 294 g/mol. The van der Waals surface area contributed by atoms with Gasteiger partial charge in [0.2, 0.25) is 0 Å². The van der Waals surface area contributed by atoms with Crippen LogP contribution in [0.1, 0.15) is 36.7 Å². The van der Waals surface area contributed by atoms with Gasteiger partial charge >= 0.3 is 17.9 Å². The fourth-order valence-corrected chi connectivity index (χ4v) is 1.58. The number of carboxylic acids is 1. The Morgan fingerprint density at radius 2 is 1.80 bits per heavy atom. The first-order valence-corrected chi connectivity index (χ1v) is 5.97. The first-order valence-electron chi connectivity index (χ1n) is 5.60. The Bertz CT molecular complexity index is 550. The van der Waals surface area contributed by atoms with Crippen molar-refractivity contribution < 1.29 is 28.2 Å². The van der Waals surface area contributed by atoms with Crippen LogP contribution in [0.2, 0.25) is 5.02 Å². The van der Waals surface area contributed by atoms with E-state index >= 15 is 0 Å². The number of esters is 1. The van der Waals surface area contributed by atoms with Crippen LogP contribution in [-0.2, 0) is 15.5 Å². The van der Waals surface area contributed by atoms with Crippen molar-refractivity contribution in [1.29, 1.82) is 0 Å². The fraction of sp³-hybridized carbons (Fsp3) is 0.385. The molecule has 0 fully saturated rings. The lowest BCUT2D eigenvalue weighted by atomic mass is 10.0. The van der Waals surface area contributed by atoms with Crippen molar-refractivity contribution in [2.24, 2.45) is 0 Å². The highest BCUT2D eigenvalue weighted by Gasteiger charge is 2.43. The van der Waals surface area contributed by atoms with Crippen molar-refractivity contribution in [1.82, 2.24) is 0 Å². The Hall–Kier alpha value is -1.69. The number of benzene rings is 1. The third-order valence-electron chi connectivity index (χ3n) is 2.21. The second-order valence-corrected chi connectivity index (χ2v) is 5.48. The van der Waals surface area contributed by atoms with Crippen LogP contribution in [-0.4, -0.2) is 22.6 Å². The molecule has 0 heterocycles. The molecule has 0 aliphatic heterocycles. The highest BCUT2D eigenvalue weighted by atomic mass is 35.5. The molecule has 0 radical (unpaired) electrons. The van der Waals surface area contributed by atoms with E-state index in [-0.39, 0.29) is 5.56 Å². The smallest absolute Gasteiger partial charge is 0.379 e. The van der Waals surface area contributed by atoms with Gasteiger partial charge in [-0.1, -0.05) is 11.6 Å². The number of aliphatic carboxylic acids is 1. The van der Waals surface area contributed by atoms with Gasteiger partial charge < -0.3 is 9.84 Å². The van der Waals surface area contributed by atoms with E-state index in [9.17, 15) is 18.4 Å². The van der Waals surface area contributed by atoms with Crippen LogP contribution in [0, 0.1) is 0 Å². The van der Waals surface area contributed by atoms with Gasteiger partial charge in [0.25, 0.3) is 0 Å². The number of ether oxygens (including phenoxy) is 1. The normalized spacial score (nSPS) is 12.1. The summed E-state index contributed by atoms with van der Waals surface area (Å²) in [5.74, 6) is -7.37. The van der Waals surface area contributed by atoms with E-state index in [4.69, 9.17) is 21.4 Å². The molecule has 1 aromatic carbocycles. The molecule has 0 aromatic heterocycles. The third-order valence-corrected chi connectivity index (χ3v) is 2.54. The lowest BCUT2D eigenvalue weighted by Gasteiger charge is -2.20. The average molecular weight is 307 g/mol. The number of carbonyl (C=O) groups excluding carboxylic acids is 1. The molecule has 0 spiro atoms. The zero-order valence-electron chi connectivity index (χ0n) is 11.0. The summed E-state index contributed by atoms with van der Waals surface area (Å²) >= 11 is 5.57. The summed E-state index contributed by atoms with van der Waals surface area (Å²) in [4.78, 5) is 22.3. The number of rotatable bonds is 3. The summed E-state index contributed by atoms with van der Waals surface area (Å²) in [5.41, 5.74) is -1.94. The summed E-state index contributed by atoms with van der Waals surface area (Å²) in [6, 6.07) is 2.95. The van der Waals surface area contributed by atoms with Crippen LogP contribution < -0.4 is 0 Å². The molecule has 0 unspecified atom stereocenters. The predicted octanol–water partition coefficient (Wildman–Crippen LogP) is 3.47. The number of hydrogen-bond donors (Lipinski definition) is 1. The minimum Gasteiger partial charge on any atom is -0.477 e. The number of halogens is 3. The number of hydrogen-bond acceptors (Lipinski definition) is 3. The van der Waals surface area contributed by atoms with Crippen LogP contribution >= 0.6 is 11.6 Å². The minimum atomic E-state index is -4.19. The van der Waals surface area contributed by atoms with Gasteiger partial charge in [-0.05, 0) is 39.0 Å². The van der Waals surface area contributed by atoms with Crippen molar-refractivity contribution in [3.05, 3.63) is 34.3 Å². The second kappa shape index (κ2) is 5.36. The van der Waals surface area contributed by atoms with Gasteiger partial charge in [0.1, 0.15) is 5.60 Å². The van der Waals surface area contributed by atoms with E-state index in [1.807, 2.05) is 0 Å². The zero-order valence-corrected chi connectivity index (χ0v) is 11.8. The Kier molecular flexibility index (Phi) is 4.39. The van der Waals surface area contributed by atoms with Crippen molar-refractivity contribution in [3.8, 4) is 0 Å². The van der Waals surface area contributed by atoms with Gasteiger partial charge in [0.05, 0.1) is 16.1 Å². The number of carboxylic acid groups (broad SMARTS) is 1. The fourth-order valence-electron chi connectivity index (χ4n) is 1.35. The molecule has 0 bridgehead atoms. The molecule has 1 aromatic rings. The van der Waals surface area contributed by atoms with Gasteiger partial charge in [-0.2, -0.15) is 8.78 Å². The molecule has 0 aliphatic rings. The van der Waals surface area contributed by atoms with E-state index in [0.29, 0.717) is 0 Å². The van der Waals surface area contributed by atoms with Crippen molar-refractivity contribution in [3.63, 3.8) is 0 Å². The highest BCUT2D eigenvalue weighted by Crippen LogP contribution is 2.34. The molecule has 110 valence electrons. The molecule has 1 N–H and O–H groups in total. The summed E-state index contributed by atoms with van der Waals surface area (Å²) in [6.07, 6.45) is 0. The number of alkyl halides is 2. The van der Waals surface area contributed by atoms with Crippen LogP contribution in [0.5, 0.6) is 0 Å². The van der Waals surface area contributed by atoms with Gasteiger partial charge in [-0.25, -0.2) is 9.59 Å². The van der Waals surface area contributed by atoms with E-state index in [1.165, 1.54) is 6.07 Å². The highest BCUT2D eigenvalue weighted by molar-refractivity contribution is 6.31. The van der Waals surface area contributed by atoms with E-state index in [1.54, 1.807) is 20.8 Å². The summed E-state index contributed by atoms with van der Waals surface area (Å²) in [7, 11) is 0. The summed E-state index contributed by atoms with van der Waals surface area (Å²) in [6.45, 7) is 4.86. The minimum absolute atomic E-state index is 0.194. The maximum absolute atomic E-state index is 13.5. The van der Waals surface area contributed by atoms with Gasteiger partial charge in [-0.3, -0.25) is 0 Å².